The van der Waals surface area contributed by atoms with Crippen molar-refractivity contribution in [3.8, 4) is 0 Å². The van der Waals surface area contributed by atoms with Gasteiger partial charge in [0.2, 0.25) is 0 Å². The molecule has 0 heterocycles. The molecule has 0 nitrogen and oxygen atoms in total. The van der Waals surface area contributed by atoms with Crippen molar-refractivity contribution in [1.82, 2.24) is 0 Å². The molecule has 0 aromatic heterocycles. The van der Waals surface area contributed by atoms with Crippen molar-refractivity contribution in [3.63, 3.8) is 0 Å². The Balaban J connectivity index is 0.000000293. The minimum atomic E-state index is 0.446. The molecule has 99 valence electrons. The van der Waals surface area contributed by atoms with E-state index in [1.807, 2.05) is 15.0 Å². The Morgan fingerprint density at radius 2 is 1.75 bits per heavy atom. The fourth-order valence-electron chi connectivity index (χ4n) is 1.36. The van der Waals surface area contributed by atoms with Crippen LogP contribution >= 0.6 is 7.92 Å². The summed E-state index contributed by atoms with van der Waals surface area (Å²) in [5.41, 5.74) is 0. The summed E-state index contributed by atoms with van der Waals surface area (Å²) >= 11 is 2.05. The van der Waals surface area contributed by atoms with Crippen LogP contribution in [0.2, 0.25) is 4.82 Å². The van der Waals surface area contributed by atoms with Crippen LogP contribution in [0.3, 0.4) is 0 Å². The average Bonchev–Trinajstić information content (AvgIpc) is 2.73. The van der Waals surface area contributed by atoms with Gasteiger partial charge < -0.3 is 0 Å². The van der Waals surface area contributed by atoms with Gasteiger partial charge in [-0.15, -0.1) is 7.92 Å². The van der Waals surface area contributed by atoms with Gasteiger partial charge in [0, 0.05) is 0 Å². The predicted octanol–water partition coefficient (Wildman–Crippen LogP) is 5.27. The van der Waals surface area contributed by atoms with Crippen LogP contribution < -0.4 is 0 Å². The van der Waals surface area contributed by atoms with Crippen molar-refractivity contribution in [2.45, 2.75) is 45.9 Å². The third-order valence-corrected chi connectivity index (χ3v) is 6.25. The Hall–Kier alpha value is 0.429. The van der Waals surface area contributed by atoms with E-state index < -0.39 is 0 Å². The van der Waals surface area contributed by atoms with Crippen LogP contribution in [0.4, 0.5) is 0 Å². The maximum absolute atomic E-state index is 2.29. The summed E-state index contributed by atoms with van der Waals surface area (Å²) in [5, 5.41) is 0. The van der Waals surface area contributed by atoms with E-state index >= 15 is 0 Å². The van der Waals surface area contributed by atoms with E-state index in [2.05, 4.69) is 52.8 Å². The molecule has 0 amide bonds. The van der Waals surface area contributed by atoms with Gasteiger partial charge in [0.25, 0.3) is 0 Å². The molecule has 0 saturated carbocycles. The van der Waals surface area contributed by atoms with E-state index in [0.29, 0.717) is 7.92 Å². The fourth-order valence-corrected chi connectivity index (χ4v) is 3.81. The van der Waals surface area contributed by atoms with Crippen LogP contribution in [-0.2, 0) is 15.0 Å². The van der Waals surface area contributed by atoms with Gasteiger partial charge in [0.1, 0.15) is 0 Å². The molecule has 0 spiro atoms. The summed E-state index contributed by atoms with van der Waals surface area (Å²) in [4.78, 5) is 0.722. The Bertz CT molecular complexity index is 209. The number of hydrogen-bond donors (Lipinski definition) is 0. The van der Waals surface area contributed by atoms with Gasteiger partial charge in [-0.2, -0.15) is 0 Å². The summed E-state index contributed by atoms with van der Waals surface area (Å²) in [5.74, 6) is 0. The van der Waals surface area contributed by atoms with Crippen LogP contribution in [0.15, 0.2) is 22.7 Å². The summed E-state index contributed by atoms with van der Waals surface area (Å²) in [6.07, 6.45) is 11.9. The van der Waals surface area contributed by atoms with Crippen LogP contribution in [0.25, 0.3) is 0 Å². The van der Waals surface area contributed by atoms with E-state index in [1.54, 1.807) is 0 Å². The summed E-state index contributed by atoms with van der Waals surface area (Å²) in [6, 6.07) is 0. The molecule has 1 aliphatic rings. The van der Waals surface area contributed by atoms with Crippen LogP contribution in [-0.4, -0.2) is 18.5 Å². The standard InChI is InChI=1S/C6H15P.C5H5.C3H7.Cu/c1-4-7(5-2)6-3;1-2-4-5-3-1;1-3-2;/h4-6H2,1-3H3;1-3H,4H2;3H,1-2H3;. The van der Waals surface area contributed by atoms with Gasteiger partial charge >= 0.3 is 62.7 Å². The molecule has 0 saturated heterocycles. The van der Waals surface area contributed by atoms with E-state index in [0.717, 1.165) is 11.2 Å². The fraction of sp³-hybridized carbons (Fsp3) is 0.714. The first kappa shape index (κ1) is 16.4. The molecule has 1 aliphatic carbocycles. The van der Waals surface area contributed by atoms with Crippen molar-refractivity contribution >= 4 is 7.92 Å². The zero-order valence-electron chi connectivity index (χ0n) is 11.4. The molecule has 0 fully saturated rings. The molecule has 1 rings (SSSR count). The average molecular weight is 290 g/mol. The molecule has 0 aromatic rings. The van der Waals surface area contributed by atoms with Crippen molar-refractivity contribution in [3.05, 3.63) is 22.7 Å². The third-order valence-electron chi connectivity index (χ3n) is 2.33. The van der Waals surface area contributed by atoms with Gasteiger partial charge in [-0.1, -0.05) is 20.8 Å². The second kappa shape index (κ2) is 10.6. The van der Waals surface area contributed by atoms with Gasteiger partial charge in [0.05, 0.1) is 0 Å². The molecular formula is C14H27CuP. The third kappa shape index (κ3) is 8.57. The van der Waals surface area contributed by atoms with Crippen molar-refractivity contribution < 1.29 is 15.0 Å². The van der Waals surface area contributed by atoms with Crippen molar-refractivity contribution in [1.29, 1.82) is 0 Å². The predicted molar refractivity (Wildman–Crippen MR) is 75.5 cm³/mol. The molecule has 16 heavy (non-hydrogen) atoms. The second-order valence-corrected chi connectivity index (χ2v) is 9.03. The monoisotopic (exact) mass is 289 g/mol. The Morgan fingerprint density at radius 3 is 2.00 bits per heavy atom. The first-order valence-corrected chi connectivity index (χ1v) is 9.18. The van der Waals surface area contributed by atoms with Gasteiger partial charge in [-0.05, 0) is 18.5 Å². The molecule has 0 aliphatic heterocycles. The zero-order valence-corrected chi connectivity index (χ0v) is 13.2. The Kier molecular flexibility index (Phi) is 10.9. The van der Waals surface area contributed by atoms with E-state index in [4.69, 9.17) is 0 Å². The van der Waals surface area contributed by atoms with Gasteiger partial charge in [-0.3, -0.25) is 0 Å². The molecule has 2 heteroatoms. The van der Waals surface area contributed by atoms with Gasteiger partial charge in [0.15, 0.2) is 0 Å². The first-order valence-electron chi connectivity index (χ1n) is 6.27. The summed E-state index contributed by atoms with van der Waals surface area (Å²) in [7, 11) is 0.446. The molecular weight excluding hydrogens is 263 g/mol. The maximum atomic E-state index is 2.29. The SMILES string of the molecule is CCP(CC)CC.C[CH](C)[Cu][C]1=CC=CC1. The van der Waals surface area contributed by atoms with Crippen LogP contribution in [0.5, 0.6) is 0 Å². The number of allylic oxidation sites excluding steroid dienone is 4. The van der Waals surface area contributed by atoms with Crippen molar-refractivity contribution in [2.24, 2.45) is 0 Å². The van der Waals surface area contributed by atoms with Crippen LogP contribution in [0.1, 0.15) is 41.0 Å². The molecule has 0 atom stereocenters. The normalized spacial score (nSPS) is 14.3. The first-order chi connectivity index (χ1) is 7.63. The second-order valence-electron chi connectivity index (χ2n) is 3.83. The number of rotatable bonds is 5. The van der Waals surface area contributed by atoms with Gasteiger partial charge in [-0.25, -0.2) is 0 Å². The topological polar surface area (TPSA) is 0 Å². The minimum absolute atomic E-state index is 0.446. The molecule has 0 unspecified atom stereocenters. The Labute approximate surface area is 110 Å². The molecule has 0 aromatic carbocycles. The van der Waals surface area contributed by atoms with E-state index in [9.17, 15) is 0 Å². The van der Waals surface area contributed by atoms with E-state index in [1.165, 1.54) is 23.0 Å². The molecule has 0 bridgehead atoms. The summed E-state index contributed by atoms with van der Waals surface area (Å²) in [6.45, 7) is 11.3. The molecule has 0 radical (unpaired) electrons. The zero-order chi connectivity index (χ0) is 12.4. The van der Waals surface area contributed by atoms with E-state index in [-0.39, 0.29) is 0 Å². The summed E-state index contributed by atoms with van der Waals surface area (Å²) < 4.78 is 1.49. The molecule has 0 N–H and O–H groups in total. The van der Waals surface area contributed by atoms with Crippen LogP contribution in [0, 0.1) is 0 Å². The number of hydrogen-bond acceptors (Lipinski definition) is 0. The van der Waals surface area contributed by atoms with Crippen molar-refractivity contribution in [2.75, 3.05) is 18.5 Å². The Morgan fingerprint density at radius 1 is 1.19 bits per heavy atom. The quantitative estimate of drug-likeness (QED) is 0.478.